The Hall–Kier alpha value is -1.65. The first kappa shape index (κ1) is 9.89. The molecule has 0 bridgehead atoms. The number of anilines is 1. The van der Waals surface area contributed by atoms with E-state index in [-0.39, 0.29) is 5.56 Å². The quantitative estimate of drug-likeness (QED) is 0.803. The van der Waals surface area contributed by atoms with Crippen LogP contribution in [0.2, 0.25) is 0 Å². The Morgan fingerprint density at radius 2 is 2.27 bits per heavy atom. The molecule has 1 saturated carbocycles. The van der Waals surface area contributed by atoms with Crippen molar-refractivity contribution in [2.45, 2.75) is 25.8 Å². The van der Waals surface area contributed by atoms with Crippen molar-refractivity contribution >= 4 is 11.8 Å². The number of hydrogen-bond donors (Lipinski definition) is 1. The molecule has 0 aliphatic heterocycles. The van der Waals surface area contributed by atoms with E-state index >= 15 is 0 Å². The molecule has 1 heterocycles. The second-order valence-electron chi connectivity index (χ2n) is 3.80. The lowest BCUT2D eigenvalue weighted by atomic mass is 10.3. The fourth-order valence-electron chi connectivity index (χ4n) is 1.51. The van der Waals surface area contributed by atoms with Gasteiger partial charge in [0.05, 0.1) is 0 Å². The number of aromatic carboxylic acids is 1. The third-order valence-corrected chi connectivity index (χ3v) is 2.55. The Morgan fingerprint density at radius 3 is 2.80 bits per heavy atom. The van der Waals surface area contributed by atoms with E-state index in [2.05, 4.69) is 9.97 Å². The second kappa shape index (κ2) is 3.49. The van der Waals surface area contributed by atoms with E-state index in [1.165, 1.54) is 6.20 Å². The first-order valence-electron chi connectivity index (χ1n) is 4.89. The van der Waals surface area contributed by atoms with E-state index in [1.807, 2.05) is 11.9 Å². The van der Waals surface area contributed by atoms with Gasteiger partial charge in [-0.3, -0.25) is 0 Å². The van der Waals surface area contributed by atoms with Gasteiger partial charge in [0.1, 0.15) is 17.2 Å². The minimum Gasteiger partial charge on any atom is -0.477 e. The summed E-state index contributed by atoms with van der Waals surface area (Å²) in [6, 6.07) is 0.442. The van der Waals surface area contributed by atoms with Gasteiger partial charge in [-0.1, -0.05) is 0 Å². The monoisotopic (exact) mass is 207 g/mol. The van der Waals surface area contributed by atoms with Crippen LogP contribution in [0.25, 0.3) is 0 Å². The topological polar surface area (TPSA) is 66.3 Å². The lowest BCUT2D eigenvalue weighted by Gasteiger charge is -2.19. The van der Waals surface area contributed by atoms with Gasteiger partial charge in [0.15, 0.2) is 0 Å². The Bertz CT molecular complexity index is 402. The molecule has 1 fully saturated rings. The minimum atomic E-state index is -0.975. The van der Waals surface area contributed by atoms with Crippen LogP contribution >= 0.6 is 0 Å². The predicted molar refractivity (Wildman–Crippen MR) is 55.2 cm³/mol. The lowest BCUT2D eigenvalue weighted by Crippen LogP contribution is -2.24. The summed E-state index contributed by atoms with van der Waals surface area (Å²) in [5.41, 5.74) is 0.176. The van der Waals surface area contributed by atoms with Crippen molar-refractivity contribution in [2.75, 3.05) is 11.9 Å². The molecule has 5 nitrogen and oxygen atoms in total. The van der Waals surface area contributed by atoms with Crippen LogP contribution in [-0.2, 0) is 0 Å². The summed E-state index contributed by atoms with van der Waals surface area (Å²) >= 11 is 0. The first-order valence-corrected chi connectivity index (χ1v) is 4.89. The van der Waals surface area contributed by atoms with Crippen molar-refractivity contribution in [2.24, 2.45) is 0 Å². The molecular weight excluding hydrogens is 194 g/mol. The third-order valence-electron chi connectivity index (χ3n) is 2.55. The number of nitrogens with zero attached hydrogens (tertiary/aromatic N) is 3. The van der Waals surface area contributed by atoms with Gasteiger partial charge in [-0.2, -0.15) is 0 Å². The Kier molecular flexibility index (Phi) is 2.30. The maximum Gasteiger partial charge on any atom is 0.341 e. The highest BCUT2D eigenvalue weighted by molar-refractivity contribution is 5.93. The van der Waals surface area contributed by atoms with Crippen molar-refractivity contribution in [3.8, 4) is 0 Å². The molecule has 1 aromatic rings. The van der Waals surface area contributed by atoms with E-state index in [4.69, 9.17) is 5.11 Å². The molecule has 1 aromatic heterocycles. The van der Waals surface area contributed by atoms with Crippen LogP contribution in [0, 0.1) is 6.92 Å². The van der Waals surface area contributed by atoms with Crippen LogP contribution in [-0.4, -0.2) is 34.1 Å². The van der Waals surface area contributed by atoms with Gasteiger partial charge in [0.2, 0.25) is 0 Å². The average Bonchev–Trinajstić information content (AvgIpc) is 2.99. The summed E-state index contributed by atoms with van der Waals surface area (Å²) in [6.45, 7) is 1.76. The normalized spacial score (nSPS) is 15.1. The Labute approximate surface area is 87.8 Å². The standard InChI is InChI=1S/C10H13N3O2/c1-6-11-5-8(10(14)15)9(12-6)13(2)7-3-4-7/h5,7H,3-4H2,1-2H3,(H,14,15). The number of hydrogen-bond acceptors (Lipinski definition) is 4. The summed E-state index contributed by atoms with van der Waals surface area (Å²) in [5, 5.41) is 9.00. The summed E-state index contributed by atoms with van der Waals surface area (Å²) in [5.74, 6) is 0.150. The lowest BCUT2D eigenvalue weighted by molar-refractivity contribution is 0.0696. The molecule has 1 aliphatic rings. The first-order chi connectivity index (χ1) is 7.09. The maximum atomic E-state index is 11.0. The Balaban J connectivity index is 2.41. The number of aryl methyl sites for hydroxylation is 1. The molecule has 0 unspecified atom stereocenters. The van der Waals surface area contributed by atoms with Gasteiger partial charge < -0.3 is 10.0 Å². The van der Waals surface area contributed by atoms with Crippen LogP contribution in [0.3, 0.4) is 0 Å². The summed E-state index contributed by atoms with van der Waals surface area (Å²) in [7, 11) is 1.88. The second-order valence-corrected chi connectivity index (χ2v) is 3.80. The van der Waals surface area contributed by atoms with Crippen LogP contribution < -0.4 is 4.90 Å². The van der Waals surface area contributed by atoms with Crippen LogP contribution in [0.4, 0.5) is 5.82 Å². The van der Waals surface area contributed by atoms with Crippen LogP contribution in [0.5, 0.6) is 0 Å². The van der Waals surface area contributed by atoms with Crippen molar-refractivity contribution in [1.29, 1.82) is 0 Å². The molecular formula is C10H13N3O2. The highest BCUT2D eigenvalue weighted by Crippen LogP contribution is 2.30. The summed E-state index contributed by atoms with van der Waals surface area (Å²) < 4.78 is 0. The smallest absolute Gasteiger partial charge is 0.341 e. The zero-order valence-electron chi connectivity index (χ0n) is 8.77. The van der Waals surface area contributed by atoms with Gasteiger partial charge in [0, 0.05) is 19.3 Å². The van der Waals surface area contributed by atoms with Gasteiger partial charge in [-0.15, -0.1) is 0 Å². The van der Waals surface area contributed by atoms with E-state index in [1.54, 1.807) is 6.92 Å². The van der Waals surface area contributed by atoms with E-state index in [9.17, 15) is 4.79 Å². The molecule has 5 heteroatoms. The van der Waals surface area contributed by atoms with Crippen molar-refractivity contribution in [3.63, 3.8) is 0 Å². The number of carboxylic acids is 1. The molecule has 0 atom stereocenters. The summed E-state index contributed by atoms with van der Waals surface area (Å²) in [4.78, 5) is 21.0. The van der Waals surface area contributed by atoms with Gasteiger partial charge in [-0.05, 0) is 19.8 Å². The fourth-order valence-corrected chi connectivity index (χ4v) is 1.51. The number of carboxylic acid groups (broad SMARTS) is 1. The molecule has 0 saturated heterocycles. The van der Waals surface area contributed by atoms with Gasteiger partial charge in [-0.25, -0.2) is 14.8 Å². The average molecular weight is 207 g/mol. The van der Waals surface area contributed by atoms with Crippen molar-refractivity contribution in [3.05, 3.63) is 17.6 Å². The number of aromatic nitrogens is 2. The van der Waals surface area contributed by atoms with E-state index in [0.29, 0.717) is 17.7 Å². The van der Waals surface area contributed by atoms with Crippen LogP contribution in [0.15, 0.2) is 6.20 Å². The molecule has 0 amide bonds. The maximum absolute atomic E-state index is 11.0. The molecule has 1 aliphatic carbocycles. The molecule has 0 aromatic carbocycles. The van der Waals surface area contributed by atoms with Gasteiger partial charge in [0.25, 0.3) is 0 Å². The predicted octanol–water partition coefficient (Wildman–Crippen LogP) is 1.08. The highest BCUT2D eigenvalue weighted by atomic mass is 16.4. The third kappa shape index (κ3) is 1.91. The zero-order chi connectivity index (χ0) is 11.0. The Morgan fingerprint density at radius 1 is 1.60 bits per heavy atom. The molecule has 80 valence electrons. The van der Waals surface area contributed by atoms with Gasteiger partial charge >= 0.3 is 5.97 Å². The fraction of sp³-hybridized carbons (Fsp3) is 0.500. The van der Waals surface area contributed by atoms with E-state index < -0.39 is 5.97 Å². The van der Waals surface area contributed by atoms with Crippen LogP contribution in [0.1, 0.15) is 29.0 Å². The molecule has 1 N–H and O–H groups in total. The molecule has 2 rings (SSSR count). The SMILES string of the molecule is Cc1ncc(C(=O)O)c(N(C)C2CC2)n1. The van der Waals surface area contributed by atoms with Crippen molar-refractivity contribution < 1.29 is 9.90 Å². The largest absolute Gasteiger partial charge is 0.477 e. The minimum absolute atomic E-state index is 0.176. The van der Waals surface area contributed by atoms with Crippen molar-refractivity contribution in [1.82, 2.24) is 9.97 Å². The summed E-state index contributed by atoms with van der Waals surface area (Å²) in [6.07, 6.45) is 3.59. The molecule has 0 spiro atoms. The molecule has 0 radical (unpaired) electrons. The van der Waals surface area contributed by atoms with E-state index in [0.717, 1.165) is 12.8 Å². The number of rotatable bonds is 3. The molecule has 15 heavy (non-hydrogen) atoms. The zero-order valence-corrected chi connectivity index (χ0v) is 8.77. The number of carbonyl (C=O) groups is 1. The highest BCUT2D eigenvalue weighted by Gasteiger charge is 2.29.